The monoisotopic (exact) mass is 832 g/mol. The van der Waals surface area contributed by atoms with Gasteiger partial charge in [0, 0.05) is 79.5 Å². The highest BCUT2D eigenvalue weighted by molar-refractivity contribution is 7.75. The highest BCUT2D eigenvalue weighted by Gasteiger charge is 2.42. The van der Waals surface area contributed by atoms with Gasteiger partial charge in [0.1, 0.15) is 18.0 Å². The lowest BCUT2D eigenvalue weighted by Crippen LogP contribution is -2.43. The molecule has 0 radical (unpaired) electrons. The third kappa shape index (κ3) is 7.26. The first-order chi connectivity index (χ1) is 29.3. The second-order valence-electron chi connectivity index (χ2n) is 16.6. The summed E-state index contributed by atoms with van der Waals surface area (Å²) in [5.41, 5.74) is 15.1. The molecule has 4 atom stereocenters. The van der Waals surface area contributed by atoms with Crippen LogP contribution >= 0.6 is 15.8 Å². The van der Waals surface area contributed by atoms with E-state index in [4.69, 9.17) is 14.8 Å². The number of hydrogen-bond acceptors (Lipinski definition) is 7. The zero-order valence-electron chi connectivity index (χ0n) is 36.0. The molecule has 6 heterocycles. The zero-order chi connectivity index (χ0) is 41.5. The third-order valence-corrected chi connectivity index (χ3v) is 18.4. The van der Waals surface area contributed by atoms with Crippen molar-refractivity contribution in [2.45, 2.75) is 85.3 Å². The maximum atomic E-state index is 5.79. The fourth-order valence-corrected chi connectivity index (χ4v) is 15.9. The van der Waals surface area contributed by atoms with E-state index in [0.717, 1.165) is 56.3 Å². The van der Waals surface area contributed by atoms with Gasteiger partial charge in [-0.1, -0.05) is 103 Å². The molecule has 0 spiro atoms. The predicted octanol–water partition coefficient (Wildman–Crippen LogP) is 12.0. The number of para-hydroxylation sites is 1. The number of hydrogen-bond donors (Lipinski definition) is 0. The Kier molecular flexibility index (Phi) is 11.5. The molecule has 10 heteroatoms. The van der Waals surface area contributed by atoms with E-state index in [1.807, 2.05) is 6.08 Å². The van der Waals surface area contributed by atoms with Crippen molar-refractivity contribution >= 4 is 32.4 Å². The topological polar surface area (TPSA) is 56.0 Å². The molecule has 0 amide bonds. The number of nitrogens with zero attached hydrogens (tertiary/aromatic N) is 8. The van der Waals surface area contributed by atoms with E-state index in [1.54, 1.807) is 0 Å². The van der Waals surface area contributed by atoms with Crippen LogP contribution in [0.1, 0.15) is 82.0 Å². The Balaban J connectivity index is 1.33. The average molecular weight is 833 g/mol. The van der Waals surface area contributed by atoms with Crippen LogP contribution < -0.4 is 4.90 Å². The SMILES string of the molecule is C=C/C(=C\C=C/C)N1C(C)=C(C)N2CCCCN3C(C)=C(C)N4c5ccccc5/C(=C/C21)CC1=C(c2nnn(Cc5ccccc5)c2CC34)[PH](C)=N[P@@]1Cc1ccccc1. The minimum atomic E-state index is -1.33. The maximum Gasteiger partial charge on any atom is 0.126 e. The molecule has 3 unspecified atom stereocenters. The molecule has 60 heavy (non-hydrogen) atoms. The minimum Gasteiger partial charge on any atom is -0.353 e. The van der Waals surface area contributed by atoms with Crippen LogP contribution in [0.25, 0.3) is 10.9 Å². The van der Waals surface area contributed by atoms with E-state index in [-0.39, 0.29) is 12.3 Å². The van der Waals surface area contributed by atoms with Gasteiger partial charge in [0.25, 0.3) is 0 Å². The van der Waals surface area contributed by atoms with E-state index >= 15 is 0 Å². The van der Waals surface area contributed by atoms with E-state index in [9.17, 15) is 0 Å². The number of fused-ring (bicyclic) bond motifs is 3. The van der Waals surface area contributed by atoms with Gasteiger partial charge in [-0.05, 0) is 108 Å². The largest absolute Gasteiger partial charge is 0.353 e. The van der Waals surface area contributed by atoms with E-state index in [1.165, 1.54) is 67.1 Å². The molecular weight excluding hydrogens is 775 g/mol. The first-order valence-corrected chi connectivity index (χ1v) is 25.0. The molecular formula is C50H58N8P2. The lowest BCUT2D eigenvalue weighted by atomic mass is 9.97. The lowest BCUT2D eigenvalue weighted by molar-refractivity contribution is 0.205. The number of allylic oxidation sites excluding steroid dienone is 10. The van der Waals surface area contributed by atoms with Gasteiger partial charge in [-0.2, -0.15) is 0 Å². The molecule has 308 valence electrons. The Labute approximate surface area is 358 Å². The van der Waals surface area contributed by atoms with Crippen molar-refractivity contribution in [2.24, 2.45) is 4.52 Å². The molecule has 0 aliphatic carbocycles. The molecule has 5 aliphatic rings. The van der Waals surface area contributed by atoms with Crippen LogP contribution in [-0.4, -0.2) is 61.8 Å². The van der Waals surface area contributed by atoms with Gasteiger partial charge in [-0.3, -0.25) is 4.52 Å². The summed E-state index contributed by atoms with van der Waals surface area (Å²) in [7, 11) is -2.17. The summed E-state index contributed by atoms with van der Waals surface area (Å²) in [6.45, 7) is 20.7. The van der Waals surface area contributed by atoms with Crippen LogP contribution in [-0.2, 0) is 19.1 Å². The zero-order valence-corrected chi connectivity index (χ0v) is 37.9. The van der Waals surface area contributed by atoms with Crippen LogP contribution in [0, 0.1) is 0 Å². The lowest BCUT2D eigenvalue weighted by Gasteiger charge is -2.36. The van der Waals surface area contributed by atoms with Crippen molar-refractivity contribution in [1.29, 1.82) is 0 Å². The third-order valence-electron chi connectivity index (χ3n) is 13.1. The summed E-state index contributed by atoms with van der Waals surface area (Å²) in [6, 6.07) is 31.0. The fourth-order valence-electron chi connectivity index (χ4n) is 9.91. The Bertz CT molecular complexity index is 2520. The Morgan fingerprint density at radius 2 is 1.53 bits per heavy atom. The molecule has 1 aromatic heterocycles. The molecule has 0 N–H and O–H groups in total. The van der Waals surface area contributed by atoms with Gasteiger partial charge in [0.2, 0.25) is 0 Å². The molecule has 9 rings (SSSR count). The average Bonchev–Trinajstić information content (AvgIpc) is 3.92. The molecule has 0 saturated heterocycles. The summed E-state index contributed by atoms with van der Waals surface area (Å²) in [5.74, 6) is 0. The summed E-state index contributed by atoms with van der Waals surface area (Å²) >= 11 is 0. The first-order valence-electron chi connectivity index (χ1n) is 21.6. The Morgan fingerprint density at radius 3 is 2.27 bits per heavy atom. The van der Waals surface area contributed by atoms with E-state index in [2.05, 4.69) is 181 Å². The van der Waals surface area contributed by atoms with Crippen molar-refractivity contribution in [3.63, 3.8) is 0 Å². The van der Waals surface area contributed by atoms with Crippen molar-refractivity contribution in [3.8, 4) is 0 Å². The molecule has 8 nitrogen and oxygen atoms in total. The number of benzene rings is 3. The van der Waals surface area contributed by atoms with Gasteiger partial charge in [0.15, 0.2) is 0 Å². The molecule has 0 fully saturated rings. The number of rotatable bonds is 7. The predicted molar refractivity (Wildman–Crippen MR) is 253 cm³/mol. The maximum absolute atomic E-state index is 5.79. The van der Waals surface area contributed by atoms with E-state index < -0.39 is 15.8 Å². The molecule has 4 aromatic rings. The van der Waals surface area contributed by atoms with Crippen molar-refractivity contribution in [1.82, 2.24) is 29.7 Å². The molecule has 0 saturated carbocycles. The van der Waals surface area contributed by atoms with Crippen LogP contribution in [0.5, 0.6) is 0 Å². The van der Waals surface area contributed by atoms with Crippen LogP contribution in [0.2, 0.25) is 0 Å². The summed E-state index contributed by atoms with van der Waals surface area (Å²) in [6.07, 6.45) is 15.8. The normalized spacial score (nSPS) is 24.1. The summed E-state index contributed by atoms with van der Waals surface area (Å²) < 4.78 is 8.00. The number of aromatic nitrogens is 3. The first kappa shape index (κ1) is 40.3. The summed E-state index contributed by atoms with van der Waals surface area (Å²) in [4.78, 5) is 10.5. The smallest absolute Gasteiger partial charge is 0.126 e. The summed E-state index contributed by atoms with van der Waals surface area (Å²) in [5, 5.41) is 13.1. The Hall–Kier alpha value is -5.16. The quantitative estimate of drug-likeness (QED) is 0.137. The van der Waals surface area contributed by atoms with Crippen LogP contribution in [0.3, 0.4) is 0 Å². The highest BCUT2D eigenvalue weighted by Crippen LogP contribution is 2.69. The van der Waals surface area contributed by atoms with Gasteiger partial charge in [-0.25, -0.2) is 4.68 Å². The van der Waals surface area contributed by atoms with Crippen LogP contribution in [0.4, 0.5) is 5.69 Å². The van der Waals surface area contributed by atoms with Crippen molar-refractivity contribution in [3.05, 3.63) is 184 Å². The van der Waals surface area contributed by atoms with Gasteiger partial charge in [0.05, 0.1) is 17.9 Å². The van der Waals surface area contributed by atoms with Gasteiger partial charge < -0.3 is 19.6 Å². The minimum absolute atomic E-state index is 0.0217. The van der Waals surface area contributed by atoms with Crippen molar-refractivity contribution < 1.29 is 0 Å². The molecule has 3 aromatic carbocycles. The van der Waals surface area contributed by atoms with E-state index in [0.29, 0.717) is 6.54 Å². The fraction of sp³-hybridized carbons (Fsp3) is 0.320. The second-order valence-corrected chi connectivity index (χ2v) is 20.7. The second kappa shape index (κ2) is 17.1. The standard InChI is InChI=1S/C50H58N8P2/c1-8-10-25-42(9-2)57-37(5)35(3)54-28-19-20-29-55-36(4)38(6)58-44-27-18-17-26-43(44)41(31-47(54)57)30-46-50(59(7)53-60(46)34-40-23-15-12-16-24-40)49-45(32-48(55)58)56(52-51-49)33-39-21-13-11-14-22-39/h8-18,21-27,31,47-48,59H,2,19-20,28-30,32-34H2,1,3-7H3/b10-8-,41-31+,42-25+/t47?,48?,60-/m0/s1. The van der Waals surface area contributed by atoms with Gasteiger partial charge in [-0.15, -0.1) is 5.10 Å². The Morgan fingerprint density at radius 1 is 0.850 bits per heavy atom. The molecule has 5 aliphatic heterocycles. The van der Waals surface area contributed by atoms with Gasteiger partial charge >= 0.3 is 0 Å². The van der Waals surface area contributed by atoms with Crippen LogP contribution in [0.15, 0.2) is 160 Å². The van der Waals surface area contributed by atoms with Crippen molar-refractivity contribution in [2.75, 3.05) is 24.7 Å². The molecule has 4 bridgehead atoms. The highest BCUT2D eigenvalue weighted by atomic mass is 31.2. The number of anilines is 1.